The van der Waals surface area contributed by atoms with E-state index in [-0.39, 0.29) is 17.3 Å². The van der Waals surface area contributed by atoms with E-state index in [0.29, 0.717) is 23.8 Å². The van der Waals surface area contributed by atoms with Gasteiger partial charge in [0.1, 0.15) is 11.6 Å². The predicted molar refractivity (Wildman–Crippen MR) is 121 cm³/mol. The van der Waals surface area contributed by atoms with E-state index >= 15 is 0 Å². The molecular weight excluding hydrogens is 397 g/mol. The Hall–Kier alpha value is -2.23. The number of rotatable bonds is 9. The average Bonchev–Trinajstić information content (AvgIpc) is 2.77. The summed E-state index contributed by atoms with van der Waals surface area (Å²) in [6.45, 7) is 4.35. The second-order valence-corrected chi connectivity index (χ2v) is 8.66. The third kappa shape index (κ3) is 6.38. The van der Waals surface area contributed by atoms with Gasteiger partial charge >= 0.3 is 0 Å². The molecule has 2 aromatic carbocycles. The Morgan fingerprint density at radius 2 is 1.71 bits per heavy atom. The number of hydrogen-bond acceptors (Lipinski definition) is 1. The van der Waals surface area contributed by atoms with Crippen molar-refractivity contribution in [2.75, 3.05) is 6.61 Å². The van der Waals surface area contributed by atoms with E-state index in [1.807, 2.05) is 18.2 Å². The first-order valence-corrected chi connectivity index (χ1v) is 11.5. The topological polar surface area (TPSA) is 9.23 Å². The molecular formula is C27H33F3O. The number of ether oxygens (including phenoxy) is 1. The Kier molecular flexibility index (Phi) is 8.62. The van der Waals surface area contributed by atoms with Gasteiger partial charge in [-0.2, -0.15) is 0 Å². The molecule has 0 atom stereocenters. The lowest BCUT2D eigenvalue weighted by Crippen LogP contribution is -2.13. The van der Waals surface area contributed by atoms with Crippen LogP contribution in [0.2, 0.25) is 0 Å². The second-order valence-electron chi connectivity index (χ2n) is 8.66. The minimum Gasteiger partial charge on any atom is -0.493 e. The molecule has 2 aromatic rings. The maximum Gasteiger partial charge on any atom is 0.166 e. The van der Waals surface area contributed by atoms with Crippen LogP contribution in [0.25, 0.3) is 6.08 Å². The predicted octanol–water partition coefficient (Wildman–Crippen LogP) is 8.36. The van der Waals surface area contributed by atoms with E-state index in [4.69, 9.17) is 4.74 Å². The molecule has 1 nitrogen and oxygen atoms in total. The number of unbranched alkanes of at least 4 members (excludes halogenated alkanes) is 3. The van der Waals surface area contributed by atoms with Crippen LogP contribution in [0.4, 0.5) is 13.2 Å². The Balaban J connectivity index is 1.52. The van der Waals surface area contributed by atoms with Crippen molar-refractivity contribution in [3.8, 4) is 5.75 Å². The molecule has 0 aliphatic heterocycles. The lowest BCUT2D eigenvalue weighted by molar-refractivity contribution is 0.302. The minimum absolute atomic E-state index is 0.191. The maximum atomic E-state index is 14.7. The Labute approximate surface area is 184 Å². The largest absolute Gasteiger partial charge is 0.493 e. The fourth-order valence-electron chi connectivity index (χ4n) is 4.30. The number of allylic oxidation sites excluding steroid dienone is 1. The average molecular weight is 431 g/mol. The van der Waals surface area contributed by atoms with Gasteiger partial charge in [-0.1, -0.05) is 56.5 Å². The van der Waals surface area contributed by atoms with Crippen LogP contribution in [-0.2, 0) is 0 Å². The monoisotopic (exact) mass is 430 g/mol. The first-order valence-electron chi connectivity index (χ1n) is 11.5. The molecule has 1 saturated carbocycles. The zero-order valence-electron chi connectivity index (χ0n) is 18.6. The van der Waals surface area contributed by atoms with Crippen molar-refractivity contribution in [1.29, 1.82) is 0 Å². The zero-order valence-corrected chi connectivity index (χ0v) is 18.6. The van der Waals surface area contributed by atoms with Crippen molar-refractivity contribution in [3.05, 3.63) is 70.5 Å². The Morgan fingerprint density at radius 3 is 2.42 bits per heavy atom. The van der Waals surface area contributed by atoms with Crippen molar-refractivity contribution in [3.63, 3.8) is 0 Å². The molecule has 0 unspecified atom stereocenters. The van der Waals surface area contributed by atoms with Gasteiger partial charge in [-0.3, -0.25) is 0 Å². The molecule has 1 aliphatic rings. The number of halogens is 3. The van der Waals surface area contributed by atoms with Gasteiger partial charge in [-0.05, 0) is 68.1 Å². The summed E-state index contributed by atoms with van der Waals surface area (Å²) in [5.74, 6) is -0.677. The lowest BCUT2D eigenvalue weighted by atomic mass is 9.78. The van der Waals surface area contributed by atoms with Crippen LogP contribution >= 0.6 is 0 Å². The van der Waals surface area contributed by atoms with Gasteiger partial charge in [0.25, 0.3) is 0 Å². The van der Waals surface area contributed by atoms with Gasteiger partial charge in [0, 0.05) is 11.6 Å². The molecule has 0 saturated heterocycles. The lowest BCUT2D eigenvalue weighted by Gasteiger charge is -2.27. The maximum absolute atomic E-state index is 14.7. The smallest absolute Gasteiger partial charge is 0.166 e. The molecule has 0 spiro atoms. The summed E-state index contributed by atoms with van der Waals surface area (Å²) in [4.78, 5) is 0. The third-order valence-corrected chi connectivity index (χ3v) is 6.30. The molecule has 4 heteroatoms. The Bertz CT molecular complexity index is 882. The normalized spacial score (nSPS) is 19.1. The summed E-state index contributed by atoms with van der Waals surface area (Å²) in [5, 5.41) is 0. The zero-order chi connectivity index (χ0) is 22.2. The summed E-state index contributed by atoms with van der Waals surface area (Å²) in [5.41, 5.74) is 1.35. The SMILES string of the molecule is CCCCCCOc1ccc(C2CCC(/C=C/c3ccc(C)c(F)c3F)CC2)c(F)c1. The van der Waals surface area contributed by atoms with Gasteiger partial charge in [-0.25, -0.2) is 13.2 Å². The number of aryl methyl sites for hydroxylation is 1. The van der Waals surface area contributed by atoms with Gasteiger partial charge in [-0.15, -0.1) is 0 Å². The highest BCUT2D eigenvalue weighted by molar-refractivity contribution is 5.51. The van der Waals surface area contributed by atoms with Crippen molar-refractivity contribution in [2.45, 2.75) is 71.1 Å². The minimum atomic E-state index is -0.792. The summed E-state index contributed by atoms with van der Waals surface area (Å²) in [6.07, 6.45) is 11.7. The molecule has 168 valence electrons. The molecule has 31 heavy (non-hydrogen) atoms. The quantitative estimate of drug-likeness (QED) is 0.363. The van der Waals surface area contributed by atoms with Gasteiger partial charge in [0.15, 0.2) is 11.6 Å². The van der Waals surface area contributed by atoms with Crippen LogP contribution in [0.5, 0.6) is 5.75 Å². The summed E-state index contributed by atoms with van der Waals surface area (Å²) in [7, 11) is 0. The molecule has 0 aromatic heterocycles. The number of hydrogen-bond donors (Lipinski definition) is 0. The summed E-state index contributed by atoms with van der Waals surface area (Å²) < 4.78 is 48.1. The summed E-state index contributed by atoms with van der Waals surface area (Å²) in [6, 6.07) is 8.45. The van der Waals surface area contributed by atoms with Gasteiger partial charge in [0.2, 0.25) is 0 Å². The molecule has 0 N–H and O–H groups in total. The van der Waals surface area contributed by atoms with Crippen LogP contribution in [0.1, 0.15) is 80.9 Å². The van der Waals surface area contributed by atoms with E-state index in [9.17, 15) is 13.2 Å². The van der Waals surface area contributed by atoms with Crippen molar-refractivity contribution in [1.82, 2.24) is 0 Å². The van der Waals surface area contributed by atoms with Crippen LogP contribution in [-0.4, -0.2) is 6.61 Å². The third-order valence-electron chi connectivity index (χ3n) is 6.30. The van der Waals surface area contributed by atoms with Gasteiger partial charge < -0.3 is 4.74 Å². The molecule has 0 radical (unpaired) electrons. The van der Waals surface area contributed by atoms with Crippen LogP contribution < -0.4 is 4.74 Å². The van der Waals surface area contributed by atoms with E-state index in [2.05, 4.69) is 6.92 Å². The molecule has 0 heterocycles. The molecule has 1 fully saturated rings. The first kappa shape index (κ1) is 23.4. The highest BCUT2D eigenvalue weighted by Gasteiger charge is 2.23. The van der Waals surface area contributed by atoms with Crippen molar-refractivity contribution in [2.24, 2.45) is 5.92 Å². The standard InChI is InChI=1S/C27H33F3O/c1-3-4-5-6-17-31-23-15-16-24(25(28)18-23)21-12-8-20(9-13-21)10-14-22-11-7-19(2)26(29)27(22)30/h7,10-11,14-16,18,20-21H,3-6,8-9,12-13,17H2,1-2H3/b14-10+. The molecule has 0 bridgehead atoms. The van der Waals surface area contributed by atoms with Crippen molar-refractivity contribution >= 4 is 6.08 Å². The van der Waals surface area contributed by atoms with Crippen LogP contribution in [0.3, 0.4) is 0 Å². The second kappa shape index (κ2) is 11.4. The molecule has 0 amide bonds. The van der Waals surface area contributed by atoms with E-state index in [1.165, 1.54) is 18.9 Å². The first-order chi connectivity index (χ1) is 15.0. The fraction of sp³-hybridized carbons (Fsp3) is 0.481. The van der Waals surface area contributed by atoms with E-state index in [1.54, 1.807) is 25.1 Å². The highest BCUT2D eigenvalue weighted by Crippen LogP contribution is 2.38. The summed E-state index contributed by atoms with van der Waals surface area (Å²) >= 11 is 0. The number of benzene rings is 2. The van der Waals surface area contributed by atoms with Crippen LogP contribution in [0.15, 0.2) is 36.4 Å². The Morgan fingerprint density at radius 1 is 0.935 bits per heavy atom. The van der Waals surface area contributed by atoms with E-state index in [0.717, 1.165) is 44.1 Å². The van der Waals surface area contributed by atoms with Gasteiger partial charge in [0.05, 0.1) is 6.61 Å². The van der Waals surface area contributed by atoms with Crippen molar-refractivity contribution < 1.29 is 17.9 Å². The van der Waals surface area contributed by atoms with Crippen LogP contribution in [0, 0.1) is 30.3 Å². The highest BCUT2D eigenvalue weighted by atomic mass is 19.2. The fourth-order valence-corrected chi connectivity index (χ4v) is 4.30. The molecule has 1 aliphatic carbocycles. The molecule has 3 rings (SSSR count). The van der Waals surface area contributed by atoms with E-state index < -0.39 is 11.6 Å².